The predicted molar refractivity (Wildman–Crippen MR) is 122 cm³/mol. The number of thiol groups is 1. The van der Waals surface area contributed by atoms with Crippen molar-refractivity contribution in [1.82, 2.24) is 0 Å². The molecule has 28 heavy (non-hydrogen) atoms. The molecule has 4 nitrogen and oxygen atoms in total. The molecule has 0 saturated heterocycles. The molecule has 0 rings (SSSR count). The quantitative estimate of drug-likeness (QED) is 0.125. The molecular formula is C23H43NO3S. The first-order chi connectivity index (χ1) is 13.5. The van der Waals surface area contributed by atoms with Gasteiger partial charge in [0.25, 0.3) is 0 Å². The van der Waals surface area contributed by atoms with Gasteiger partial charge in [-0.1, -0.05) is 51.2 Å². The molecule has 0 spiro atoms. The number of Topliss-reactive ketones (excluding diaryl/α,β-unsaturated/α-hetero) is 1. The lowest BCUT2D eigenvalue weighted by Crippen LogP contribution is -2.11. The maximum atomic E-state index is 11.6. The summed E-state index contributed by atoms with van der Waals surface area (Å²) in [6.07, 6.45) is 14.8. The van der Waals surface area contributed by atoms with E-state index in [1.54, 1.807) is 0 Å². The van der Waals surface area contributed by atoms with Crippen LogP contribution in [-0.4, -0.2) is 30.5 Å². The molecule has 5 heteroatoms. The molecule has 0 aromatic heterocycles. The molecule has 0 aliphatic heterocycles. The molecule has 0 saturated carbocycles. The summed E-state index contributed by atoms with van der Waals surface area (Å²) in [5.41, 5.74) is 0. The van der Waals surface area contributed by atoms with Crippen molar-refractivity contribution in [2.75, 3.05) is 13.2 Å². The van der Waals surface area contributed by atoms with Gasteiger partial charge in [-0.25, -0.2) is 0 Å². The van der Waals surface area contributed by atoms with Gasteiger partial charge in [-0.3, -0.25) is 4.79 Å². The van der Waals surface area contributed by atoms with Crippen molar-refractivity contribution in [3.63, 3.8) is 0 Å². The standard InChI is InChI=1S/C17H29NOS.C6H14O2/c1-2-3-7-11-16(19)12-10-14-17(20)13-8-5-4-6-9-15-18;1-4-7-6(3)8-5-2/h10,14,17,20H,2-9,11-13H2,1H3;6H,4-5H2,1-3H3. The monoisotopic (exact) mass is 413 g/mol. The van der Waals surface area contributed by atoms with E-state index >= 15 is 0 Å². The van der Waals surface area contributed by atoms with Crippen LogP contribution in [0.25, 0.3) is 0 Å². The Labute approximate surface area is 179 Å². The van der Waals surface area contributed by atoms with Crippen molar-refractivity contribution >= 4 is 18.4 Å². The van der Waals surface area contributed by atoms with Crippen molar-refractivity contribution in [3.05, 3.63) is 12.2 Å². The zero-order valence-corrected chi connectivity index (χ0v) is 19.5. The molecule has 0 aliphatic rings. The highest BCUT2D eigenvalue weighted by Crippen LogP contribution is 2.12. The Morgan fingerprint density at radius 1 is 1.04 bits per heavy atom. The van der Waals surface area contributed by atoms with E-state index in [-0.39, 0.29) is 11.5 Å². The molecular weight excluding hydrogens is 370 g/mol. The van der Waals surface area contributed by atoms with Crippen LogP contribution in [0.2, 0.25) is 0 Å². The number of nitrogens with zero attached hydrogens (tertiary/aromatic N) is 1. The lowest BCUT2D eigenvalue weighted by atomic mass is 10.1. The molecule has 0 amide bonds. The fourth-order valence-electron chi connectivity index (χ4n) is 2.56. The smallest absolute Gasteiger partial charge is 0.154 e. The Balaban J connectivity index is 0. The largest absolute Gasteiger partial charge is 0.353 e. The highest BCUT2D eigenvalue weighted by atomic mass is 32.1. The third kappa shape index (κ3) is 25.2. The molecule has 0 heterocycles. The maximum absolute atomic E-state index is 11.6. The van der Waals surface area contributed by atoms with Gasteiger partial charge >= 0.3 is 0 Å². The molecule has 0 bridgehead atoms. The first-order valence-corrected chi connectivity index (χ1v) is 11.5. The van der Waals surface area contributed by atoms with E-state index in [0.29, 0.717) is 25.0 Å². The normalized spacial score (nSPS) is 11.9. The third-order valence-corrected chi connectivity index (χ3v) is 4.53. The number of hydrogen-bond donors (Lipinski definition) is 1. The van der Waals surface area contributed by atoms with E-state index in [2.05, 4.69) is 31.7 Å². The highest BCUT2D eigenvalue weighted by Gasteiger charge is 2.01. The SMILES string of the molecule is CCCCCC(=O)CC=CC(S)CCCCCCC#N.CCOC(C)OCC. The molecule has 0 radical (unpaired) electrons. The Morgan fingerprint density at radius 3 is 2.25 bits per heavy atom. The van der Waals surface area contributed by atoms with Crippen LogP contribution in [-0.2, 0) is 14.3 Å². The Bertz CT molecular complexity index is 401. The van der Waals surface area contributed by atoms with E-state index in [9.17, 15) is 4.79 Å². The number of ether oxygens (including phenoxy) is 2. The number of rotatable bonds is 17. The van der Waals surface area contributed by atoms with Gasteiger partial charge in [0.15, 0.2) is 6.29 Å². The number of nitriles is 1. The number of unbranched alkanes of at least 4 members (excludes halogenated alkanes) is 6. The van der Waals surface area contributed by atoms with Gasteiger partial charge in [0, 0.05) is 37.7 Å². The molecule has 1 atom stereocenters. The average Bonchev–Trinajstić information content (AvgIpc) is 2.66. The summed E-state index contributed by atoms with van der Waals surface area (Å²) in [4.78, 5) is 11.6. The lowest BCUT2D eigenvalue weighted by molar-refractivity contribution is -0.123. The van der Waals surface area contributed by atoms with Crippen LogP contribution < -0.4 is 0 Å². The first kappa shape index (κ1) is 29.4. The van der Waals surface area contributed by atoms with Crippen molar-refractivity contribution in [2.24, 2.45) is 0 Å². The van der Waals surface area contributed by atoms with E-state index in [1.165, 1.54) is 6.42 Å². The Hall–Kier alpha value is -0.830. The van der Waals surface area contributed by atoms with Crippen molar-refractivity contribution in [3.8, 4) is 6.07 Å². The zero-order valence-electron chi connectivity index (χ0n) is 18.6. The predicted octanol–water partition coefficient (Wildman–Crippen LogP) is 6.65. The van der Waals surface area contributed by atoms with Crippen LogP contribution in [0, 0.1) is 11.3 Å². The number of carbonyl (C=O) groups excluding carboxylic acids is 1. The number of hydrogen-bond acceptors (Lipinski definition) is 5. The second kappa shape index (κ2) is 24.2. The zero-order chi connectivity index (χ0) is 21.5. The average molecular weight is 414 g/mol. The summed E-state index contributed by atoms with van der Waals surface area (Å²) in [7, 11) is 0. The van der Waals surface area contributed by atoms with Crippen molar-refractivity contribution in [2.45, 2.75) is 110 Å². The van der Waals surface area contributed by atoms with Crippen LogP contribution in [0.3, 0.4) is 0 Å². The van der Waals surface area contributed by atoms with Gasteiger partial charge in [0.2, 0.25) is 0 Å². The van der Waals surface area contributed by atoms with Crippen LogP contribution in [0.4, 0.5) is 0 Å². The fourth-order valence-corrected chi connectivity index (χ4v) is 2.86. The summed E-state index contributed by atoms with van der Waals surface area (Å²) >= 11 is 4.51. The van der Waals surface area contributed by atoms with E-state index in [4.69, 9.17) is 14.7 Å². The summed E-state index contributed by atoms with van der Waals surface area (Å²) in [5.74, 6) is 0.340. The van der Waals surface area contributed by atoms with Gasteiger partial charge in [-0.2, -0.15) is 17.9 Å². The van der Waals surface area contributed by atoms with Crippen LogP contribution in [0.15, 0.2) is 12.2 Å². The van der Waals surface area contributed by atoms with Gasteiger partial charge in [-0.15, -0.1) is 0 Å². The summed E-state index contributed by atoms with van der Waals surface area (Å²) in [6.45, 7) is 9.40. The van der Waals surface area contributed by atoms with Gasteiger partial charge in [0.1, 0.15) is 5.78 Å². The van der Waals surface area contributed by atoms with E-state index in [1.807, 2.05) is 26.8 Å². The lowest BCUT2D eigenvalue weighted by Gasteiger charge is -2.09. The summed E-state index contributed by atoms with van der Waals surface area (Å²) < 4.78 is 10.1. The van der Waals surface area contributed by atoms with E-state index in [0.717, 1.165) is 58.2 Å². The van der Waals surface area contributed by atoms with E-state index < -0.39 is 0 Å². The van der Waals surface area contributed by atoms with Gasteiger partial charge in [0.05, 0.1) is 6.07 Å². The minimum Gasteiger partial charge on any atom is -0.353 e. The molecule has 164 valence electrons. The minimum atomic E-state index is -0.0370. The molecule has 0 aromatic carbocycles. The number of allylic oxidation sites excluding steroid dienone is 1. The molecule has 1 unspecified atom stereocenters. The first-order valence-electron chi connectivity index (χ1n) is 11.0. The number of carbonyl (C=O) groups is 1. The molecule has 0 fully saturated rings. The van der Waals surface area contributed by atoms with Crippen LogP contribution in [0.5, 0.6) is 0 Å². The summed E-state index contributed by atoms with van der Waals surface area (Å²) in [6, 6.07) is 2.17. The number of ketones is 1. The maximum Gasteiger partial charge on any atom is 0.154 e. The topological polar surface area (TPSA) is 59.3 Å². The highest BCUT2D eigenvalue weighted by molar-refractivity contribution is 7.81. The van der Waals surface area contributed by atoms with Crippen molar-refractivity contribution in [1.29, 1.82) is 5.26 Å². The molecule has 0 aliphatic carbocycles. The summed E-state index contributed by atoms with van der Waals surface area (Å²) in [5, 5.41) is 8.68. The van der Waals surface area contributed by atoms with Gasteiger partial charge in [-0.05, 0) is 40.0 Å². The minimum absolute atomic E-state index is 0.0370. The third-order valence-electron chi connectivity index (χ3n) is 4.10. The van der Waals surface area contributed by atoms with Crippen LogP contribution >= 0.6 is 12.6 Å². The molecule has 0 N–H and O–H groups in total. The van der Waals surface area contributed by atoms with Crippen LogP contribution in [0.1, 0.15) is 98.3 Å². The fraction of sp³-hybridized carbons (Fsp3) is 0.826. The Morgan fingerprint density at radius 2 is 1.68 bits per heavy atom. The second-order valence-corrected chi connectivity index (χ2v) is 7.45. The van der Waals surface area contributed by atoms with Gasteiger partial charge < -0.3 is 9.47 Å². The molecule has 0 aromatic rings. The Kier molecular flexibility index (Phi) is 25.4. The second-order valence-electron chi connectivity index (χ2n) is 6.78. The van der Waals surface area contributed by atoms with Crippen molar-refractivity contribution < 1.29 is 14.3 Å².